The average Bonchev–Trinajstić information content (AvgIpc) is 3.17. The second kappa shape index (κ2) is 9.05. The molecule has 36 heavy (non-hydrogen) atoms. The highest BCUT2D eigenvalue weighted by molar-refractivity contribution is 6.23. The van der Waals surface area contributed by atoms with Crippen molar-refractivity contribution < 1.29 is 19.1 Å². The van der Waals surface area contributed by atoms with E-state index in [4.69, 9.17) is 4.74 Å². The third-order valence-electron chi connectivity index (χ3n) is 8.01. The number of hydrogen-bond donors (Lipinski definition) is 0. The van der Waals surface area contributed by atoms with Gasteiger partial charge >= 0.3 is 5.97 Å². The maximum atomic E-state index is 13.8. The standard InChI is InChI=1S/C31H29NO4/c1-2-3-4-5-14-25(33)36-20-17-15-19(16-18-20)32-30(34)28-26-21-10-6-7-11-22(21)27(29(28)31(32)35)24-13-9-8-12-23(24)26/h6-13,15-18,26-29H,2-5,14H2,1H3/t26?,27?,28-,29-/m1/s1. The van der Waals surface area contributed by atoms with Crippen LogP contribution in [0.15, 0.2) is 72.8 Å². The van der Waals surface area contributed by atoms with E-state index in [9.17, 15) is 14.4 Å². The van der Waals surface area contributed by atoms with E-state index in [1.54, 1.807) is 24.3 Å². The fourth-order valence-electron chi connectivity index (χ4n) is 6.47. The van der Waals surface area contributed by atoms with Gasteiger partial charge in [-0.1, -0.05) is 74.7 Å². The van der Waals surface area contributed by atoms with Crippen molar-refractivity contribution >= 4 is 23.5 Å². The molecule has 0 N–H and O–H groups in total. The molecule has 7 rings (SSSR count). The van der Waals surface area contributed by atoms with Crippen molar-refractivity contribution in [2.24, 2.45) is 11.8 Å². The van der Waals surface area contributed by atoms with E-state index in [-0.39, 0.29) is 29.6 Å². The summed E-state index contributed by atoms with van der Waals surface area (Å²) in [5, 5.41) is 0. The minimum atomic E-state index is -0.409. The molecular weight excluding hydrogens is 450 g/mol. The number of esters is 1. The Morgan fingerprint density at radius 2 is 1.22 bits per heavy atom. The van der Waals surface area contributed by atoms with Gasteiger partial charge in [-0.05, 0) is 52.9 Å². The SMILES string of the molecule is CCCCCCC(=O)Oc1ccc(N2C(=O)[C@@H]3C4c5ccccc5C(c5ccccc54)[C@H]3C2=O)cc1. The molecule has 182 valence electrons. The number of benzene rings is 3. The first-order chi connectivity index (χ1) is 17.6. The number of unbranched alkanes of at least 4 members (excludes halogenated alkanes) is 3. The second-order valence-corrected chi connectivity index (χ2v) is 10.1. The van der Waals surface area contributed by atoms with Crippen LogP contribution in [-0.4, -0.2) is 17.8 Å². The van der Waals surface area contributed by atoms with Crippen molar-refractivity contribution in [3.8, 4) is 5.75 Å². The number of ether oxygens (including phenoxy) is 1. The highest BCUT2D eigenvalue weighted by Crippen LogP contribution is 2.61. The molecule has 0 unspecified atom stereocenters. The van der Waals surface area contributed by atoms with Gasteiger partial charge in [0.2, 0.25) is 11.8 Å². The minimum absolute atomic E-state index is 0.123. The lowest BCUT2D eigenvalue weighted by molar-refractivity contribution is -0.134. The first kappa shape index (κ1) is 22.7. The summed E-state index contributed by atoms with van der Waals surface area (Å²) in [6.07, 6.45) is 4.45. The van der Waals surface area contributed by atoms with Crippen LogP contribution in [0.25, 0.3) is 0 Å². The van der Waals surface area contributed by atoms with Gasteiger partial charge in [0.1, 0.15) is 5.75 Å². The van der Waals surface area contributed by atoms with Gasteiger partial charge in [-0.3, -0.25) is 14.4 Å². The molecule has 3 aromatic carbocycles. The zero-order valence-electron chi connectivity index (χ0n) is 20.4. The summed E-state index contributed by atoms with van der Waals surface area (Å²) >= 11 is 0. The van der Waals surface area contributed by atoms with Gasteiger partial charge in [0.25, 0.3) is 0 Å². The van der Waals surface area contributed by atoms with E-state index in [0.29, 0.717) is 17.9 Å². The molecule has 5 heteroatoms. The summed E-state index contributed by atoms with van der Waals surface area (Å²) in [7, 11) is 0. The maximum absolute atomic E-state index is 13.8. The highest BCUT2D eigenvalue weighted by atomic mass is 16.5. The summed E-state index contributed by atoms with van der Waals surface area (Å²) in [4.78, 5) is 41.1. The van der Waals surface area contributed by atoms with Crippen molar-refractivity contribution in [1.29, 1.82) is 0 Å². The predicted molar refractivity (Wildman–Crippen MR) is 137 cm³/mol. The van der Waals surface area contributed by atoms with Crippen LogP contribution in [0, 0.1) is 11.8 Å². The molecule has 5 nitrogen and oxygen atoms in total. The van der Waals surface area contributed by atoms with E-state index in [2.05, 4.69) is 31.2 Å². The highest BCUT2D eigenvalue weighted by Gasteiger charge is 2.61. The van der Waals surface area contributed by atoms with Gasteiger partial charge in [-0.2, -0.15) is 0 Å². The molecule has 0 radical (unpaired) electrons. The molecule has 2 atom stereocenters. The molecule has 0 spiro atoms. The molecule has 1 heterocycles. The number of imide groups is 1. The van der Waals surface area contributed by atoms with Gasteiger partial charge in [-0.25, -0.2) is 4.90 Å². The number of carbonyl (C=O) groups excluding carboxylic acids is 3. The van der Waals surface area contributed by atoms with Crippen LogP contribution in [0.2, 0.25) is 0 Å². The number of hydrogen-bond acceptors (Lipinski definition) is 4. The van der Waals surface area contributed by atoms with Crippen LogP contribution in [0.5, 0.6) is 5.75 Å². The summed E-state index contributed by atoms with van der Waals surface area (Å²) < 4.78 is 5.46. The van der Waals surface area contributed by atoms with Crippen molar-refractivity contribution in [3.63, 3.8) is 0 Å². The van der Waals surface area contributed by atoms with Crippen LogP contribution in [0.3, 0.4) is 0 Å². The van der Waals surface area contributed by atoms with E-state index < -0.39 is 11.8 Å². The molecule has 0 saturated carbocycles. The predicted octanol–water partition coefficient (Wildman–Crippen LogP) is 5.96. The van der Waals surface area contributed by atoms with E-state index in [1.807, 2.05) is 24.3 Å². The smallest absolute Gasteiger partial charge is 0.311 e. The first-order valence-electron chi connectivity index (χ1n) is 13.0. The number of carbonyl (C=O) groups is 3. The molecule has 1 saturated heterocycles. The third kappa shape index (κ3) is 3.48. The van der Waals surface area contributed by atoms with Crippen LogP contribution in [-0.2, 0) is 14.4 Å². The normalized spacial score (nSPS) is 23.3. The zero-order valence-corrected chi connectivity index (χ0v) is 20.4. The van der Waals surface area contributed by atoms with Gasteiger partial charge < -0.3 is 4.74 Å². The molecule has 3 aromatic rings. The molecule has 3 aliphatic carbocycles. The molecule has 2 amide bonds. The fourth-order valence-corrected chi connectivity index (χ4v) is 6.47. The largest absolute Gasteiger partial charge is 0.427 e. The summed E-state index contributed by atoms with van der Waals surface area (Å²) in [6, 6.07) is 23.2. The van der Waals surface area contributed by atoms with Crippen LogP contribution >= 0.6 is 0 Å². The van der Waals surface area contributed by atoms with Gasteiger partial charge in [0.05, 0.1) is 17.5 Å². The summed E-state index contributed by atoms with van der Waals surface area (Å²) in [5.41, 5.74) is 5.16. The topological polar surface area (TPSA) is 63.7 Å². The molecule has 1 aliphatic heterocycles. The Morgan fingerprint density at radius 1 is 0.722 bits per heavy atom. The van der Waals surface area contributed by atoms with Crippen LogP contribution < -0.4 is 9.64 Å². The van der Waals surface area contributed by atoms with Crippen molar-refractivity contribution in [1.82, 2.24) is 0 Å². The van der Waals surface area contributed by atoms with Crippen LogP contribution in [0.4, 0.5) is 5.69 Å². The fraction of sp³-hybridized carbons (Fsp3) is 0.323. The molecule has 2 bridgehead atoms. The lowest BCUT2D eigenvalue weighted by Gasteiger charge is -2.45. The Labute approximate surface area is 211 Å². The monoisotopic (exact) mass is 479 g/mol. The summed E-state index contributed by atoms with van der Waals surface area (Å²) in [5.74, 6) is -1.19. The zero-order chi connectivity index (χ0) is 24.8. The maximum Gasteiger partial charge on any atom is 0.311 e. The lowest BCUT2D eigenvalue weighted by atomic mass is 9.55. The average molecular weight is 480 g/mol. The quantitative estimate of drug-likeness (QED) is 0.182. The van der Waals surface area contributed by atoms with Crippen molar-refractivity contribution in [2.45, 2.75) is 50.9 Å². The van der Waals surface area contributed by atoms with Gasteiger partial charge in [0, 0.05) is 18.3 Å². The number of anilines is 1. The summed E-state index contributed by atoms with van der Waals surface area (Å²) in [6.45, 7) is 2.13. The van der Waals surface area contributed by atoms with E-state index >= 15 is 0 Å². The lowest BCUT2D eigenvalue weighted by Crippen LogP contribution is -2.41. The van der Waals surface area contributed by atoms with Crippen LogP contribution in [0.1, 0.15) is 73.1 Å². The van der Waals surface area contributed by atoms with Gasteiger partial charge in [0.15, 0.2) is 0 Å². The molecular formula is C31H29NO4. The Balaban J connectivity index is 1.27. The second-order valence-electron chi connectivity index (χ2n) is 10.1. The molecule has 4 aliphatic rings. The molecule has 0 aromatic heterocycles. The minimum Gasteiger partial charge on any atom is -0.427 e. The Bertz CT molecular complexity index is 1230. The Kier molecular flexibility index (Phi) is 5.71. The number of amides is 2. The Hall–Kier alpha value is -3.73. The van der Waals surface area contributed by atoms with E-state index in [0.717, 1.165) is 47.9 Å². The molecule has 1 fully saturated rings. The Morgan fingerprint density at radius 3 is 1.69 bits per heavy atom. The third-order valence-corrected chi connectivity index (χ3v) is 8.01. The number of nitrogens with zero attached hydrogens (tertiary/aromatic N) is 1. The van der Waals surface area contributed by atoms with E-state index in [1.165, 1.54) is 4.90 Å². The number of rotatable bonds is 7. The van der Waals surface area contributed by atoms with Crippen molar-refractivity contribution in [2.75, 3.05) is 4.90 Å². The van der Waals surface area contributed by atoms with Gasteiger partial charge in [-0.15, -0.1) is 0 Å². The first-order valence-corrected chi connectivity index (χ1v) is 13.0. The van der Waals surface area contributed by atoms with Crippen molar-refractivity contribution in [3.05, 3.63) is 95.1 Å².